The third kappa shape index (κ3) is 5.38. The van der Waals surface area contributed by atoms with Crippen LogP contribution in [0.4, 0.5) is 17.2 Å². The van der Waals surface area contributed by atoms with E-state index in [-0.39, 0.29) is 17.5 Å². The van der Waals surface area contributed by atoms with Gasteiger partial charge in [0, 0.05) is 30.9 Å². The molecule has 3 N–H and O–H groups in total. The second-order valence-electron chi connectivity index (χ2n) is 6.34. The van der Waals surface area contributed by atoms with Gasteiger partial charge in [-0.3, -0.25) is 9.59 Å². The van der Waals surface area contributed by atoms with Crippen LogP contribution < -0.4 is 16.0 Å². The Hall–Kier alpha value is -3.74. The lowest BCUT2D eigenvalue weighted by Gasteiger charge is -2.09. The highest BCUT2D eigenvalue weighted by Gasteiger charge is 2.09. The fourth-order valence-electron chi connectivity index (χ4n) is 2.51. The number of aryl methyl sites for hydroxylation is 1. The molecule has 0 unspecified atom stereocenters. The van der Waals surface area contributed by atoms with E-state index in [0.29, 0.717) is 23.7 Å². The molecule has 7 heteroatoms. The molecule has 1 aromatic heterocycles. The number of hydrogen-bond donors (Lipinski definition) is 3. The average molecular weight is 375 g/mol. The largest absolute Gasteiger partial charge is 0.366 e. The molecule has 0 radical (unpaired) electrons. The second-order valence-corrected chi connectivity index (χ2v) is 6.34. The highest BCUT2D eigenvalue weighted by atomic mass is 16.2. The number of carbonyl (C=O) groups excluding carboxylic acids is 2. The van der Waals surface area contributed by atoms with Gasteiger partial charge >= 0.3 is 0 Å². The summed E-state index contributed by atoms with van der Waals surface area (Å²) in [7, 11) is 0. The van der Waals surface area contributed by atoms with Crippen molar-refractivity contribution < 1.29 is 9.59 Å². The maximum absolute atomic E-state index is 12.4. The van der Waals surface area contributed by atoms with E-state index in [1.54, 1.807) is 30.3 Å². The van der Waals surface area contributed by atoms with Gasteiger partial charge in [0.2, 0.25) is 5.91 Å². The molecular weight excluding hydrogens is 354 g/mol. The third-order valence-corrected chi connectivity index (χ3v) is 3.96. The van der Waals surface area contributed by atoms with Crippen molar-refractivity contribution >= 4 is 29.0 Å². The fourth-order valence-corrected chi connectivity index (χ4v) is 2.51. The number of carbonyl (C=O) groups is 2. The first-order valence-electron chi connectivity index (χ1n) is 8.80. The summed E-state index contributed by atoms with van der Waals surface area (Å²) in [6, 6.07) is 16.6. The van der Waals surface area contributed by atoms with Crippen molar-refractivity contribution in [2.45, 2.75) is 20.4 Å². The molecule has 0 saturated carbocycles. The van der Waals surface area contributed by atoms with Gasteiger partial charge in [-0.25, -0.2) is 9.97 Å². The Morgan fingerprint density at radius 1 is 0.893 bits per heavy atom. The van der Waals surface area contributed by atoms with Crippen LogP contribution in [0, 0.1) is 6.92 Å². The fraction of sp³-hybridized carbons (Fsp3) is 0.143. The average Bonchev–Trinajstić information content (AvgIpc) is 2.69. The zero-order valence-electron chi connectivity index (χ0n) is 15.7. The van der Waals surface area contributed by atoms with Gasteiger partial charge in [0.1, 0.15) is 17.8 Å². The first-order chi connectivity index (χ1) is 13.5. The van der Waals surface area contributed by atoms with Crippen LogP contribution in [0.25, 0.3) is 0 Å². The first-order valence-corrected chi connectivity index (χ1v) is 8.80. The standard InChI is InChI=1S/C21H21N5O2/c1-14-3-5-16(6-4-14)12-22-20-11-19(23-13-24-20)21(28)26-18-9-7-17(8-10-18)25-15(2)27/h3-11,13H,12H2,1-2H3,(H,25,27)(H,26,28)(H,22,23,24). The summed E-state index contributed by atoms with van der Waals surface area (Å²) < 4.78 is 0. The number of rotatable bonds is 6. The zero-order valence-corrected chi connectivity index (χ0v) is 15.7. The van der Waals surface area contributed by atoms with E-state index in [9.17, 15) is 9.59 Å². The molecule has 2 aromatic carbocycles. The van der Waals surface area contributed by atoms with Gasteiger partial charge in [0.25, 0.3) is 5.91 Å². The van der Waals surface area contributed by atoms with Crippen LogP contribution in [0.15, 0.2) is 60.9 Å². The van der Waals surface area contributed by atoms with Crippen molar-refractivity contribution in [3.8, 4) is 0 Å². The molecule has 0 atom stereocenters. The van der Waals surface area contributed by atoms with Crippen LogP contribution >= 0.6 is 0 Å². The molecule has 1 heterocycles. The molecule has 3 rings (SSSR count). The lowest BCUT2D eigenvalue weighted by molar-refractivity contribution is -0.114. The van der Waals surface area contributed by atoms with E-state index in [0.717, 1.165) is 5.56 Å². The van der Waals surface area contributed by atoms with Gasteiger partial charge in [-0.05, 0) is 36.8 Å². The van der Waals surface area contributed by atoms with Crippen LogP contribution in [0.5, 0.6) is 0 Å². The molecule has 3 aromatic rings. The summed E-state index contributed by atoms with van der Waals surface area (Å²) in [6.45, 7) is 4.08. The minimum Gasteiger partial charge on any atom is -0.366 e. The van der Waals surface area contributed by atoms with Crippen LogP contribution in [-0.4, -0.2) is 21.8 Å². The van der Waals surface area contributed by atoms with E-state index in [1.807, 2.05) is 31.2 Å². The lowest BCUT2D eigenvalue weighted by atomic mass is 10.1. The summed E-state index contributed by atoms with van der Waals surface area (Å²) in [6.07, 6.45) is 1.35. The van der Waals surface area contributed by atoms with E-state index in [2.05, 4.69) is 25.9 Å². The van der Waals surface area contributed by atoms with E-state index in [1.165, 1.54) is 18.8 Å². The van der Waals surface area contributed by atoms with Crippen molar-refractivity contribution in [1.82, 2.24) is 9.97 Å². The Balaban J connectivity index is 1.61. The summed E-state index contributed by atoms with van der Waals surface area (Å²) >= 11 is 0. The minimum absolute atomic E-state index is 0.150. The summed E-state index contributed by atoms with van der Waals surface area (Å²) in [5.74, 6) is 0.0817. The van der Waals surface area contributed by atoms with Gasteiger partial charge in [0.05, 0.1) is 0 Å². The highest BCUT2D eigenvalue weighted by molar-refractivity contribution is 6.03. The van der Waals surface area contributed by atoms with Crippen LogP contribution in [-0.2, 0) is 11.3 Å². The van der Waals surface area contributed by atoms with Crippen LogP contribution in [0.3, 0.4) is 0 Å². The smallest absolute Gasteiger partial charge is 0.274 e. The Kier molecular flexibility index (Phi) is 5.96. The molecule has 0 spiro atoms. The lowest BCUT2D eigenvalue weighted by Crippen LogP contribution is -2.15. The number of anilines is 3. The number of hydrogen-bond acceptors (Lipinski definition) is 5. The van der Waals surface area contributed by atoms with Crippen molar-refractivity contribution in [2.75, 3.05) is 16.0 Å². The molecular formula is C21H21N5O2. The number of benzene rings is 2. The molecule has 0 aliphatic heterocycles. The van der Waals surface area contributed by atoms with Gasteiger partial charge in [-0.15, -0.1) is 0 Å². The van der Waals surface area contributed by atoms with Gasteiger partial charge in [-0.2, -0.15) is 0 Å². The maximum atomic E-state index is 12.4. The van der Waals surface area contributed by atoms with E-state index < -0.39 is 0 Å². The third-order valence-electron chi connectivity index (χ3n) is 3.96. The molecule has 0 aliphatic rings. The van der Waals surface area contributed by atoms with E-state index in [4.69, 9.17) is 0 Å². The summed E-state index contributed by atoms with van der Waals surface area (Å²) in [4.78, 5) is 31.7. The second kappa shape index (κ2) is 8.77. The van der Waals surface area contributed by atoms with Crippen molar-refractivity contribution in [2.24, 2.45) is 0 Å². The maximum Gasteiger partial charge on any atom is 0.274 e. The topological polar surface area (TPSA) is 96.0 Å². The molecule has 0 saturated heterocycles. The van der Waals surface area contributed by atoms with Gasteiger partial charge in [-0.1, -0.05) is 29.8 Å². The number of nitrogens with one attached hydrogen (secondary N) is 3. The summed E-state index contributed by atoms with van der Waals surface area (Å²) in [5.41, 5.74) is 3.85. The SMILES string of the molecule is CC(=O)Nc1ccc(NC(=O)c2cc(NCc3ccc(C)cc3)ncn2)cc1. The molecule has 0 aliphatic carbocycles. The Labute approximate surface area is 163 Å². The predicted molar refractivity (Wildman–Crippen MR) is 109 cm³/mol. The Bertz CT molecular complexity index is 969. The molecule has 28 heavy (non-hydrogen) atoms. The van der Waals surface area contributed by atoms with Crippen LogP contribution in [0.1, 0.15) is 28.5 Å². The van der Waals surface area contributed by atoms with Gasteiger partial charge < -0.3 is 16.0 Å². The minimum atomic E-state index is -0.340. The molecule has 142 valence electrons. The van der Waals surface area contributed by atoms with Crippen molar-refractivity contribution in [1.29, 1.82) is 0 Å². The zero-order chi connectivity index (χ0) is 19.9. The molecule has 0 bridgehead atoms. The summed E-state index contributed by atoms with van der Waals surface area (Å²) in [5, 5.41) is 8.64. The first kappa shape index (κ1) is 19.0. The number of aromatic nitrogens is 2. The normalized spacial score (nSPS) is 10.2. The van der Waals surface area contributed by atoms with Crippen molar-refractivity contribution in [3.05, 3.63) is 77.7 Å². The van der Waals surface area contributed by atoms with Gasteiger partial charge in [0.15, 0.2) is 0 Å². The number of amides is 2. The molecule has 2 amide bonds. The molecule has 7 nitrogen and oxygen atoms in total. The monoisotopic (exact) mass is 375 g/mol. The quantitative estimate of drug-likeness (QED) is 0.612. The molecule has 0 fully saturated rings. The predicted octanol–water partition coefficient (Wildman–Crippen LogP) is 3.61. The highest BCUT2D eigenvalue weighted by Crippen LogP contribution is 2.15. The van der Waals surface area contributed by atoms with Crippen LogP contribution in [0.2, 0.25) is 0 Å². The van der Waals surface area contributed by atoms with E-state index >= 15 is 0 Å². The van der Waals surface area contributed by atoms with Crippen molar-refractivity contribution in [3.63, 3.8) is 0 Å². The number of nitrogens with zero attached hydrogens (tertiary/aromatic N) is 2. The Morgan fingerprint density at radius 2 is 1.54 bits per heavy atom. The Morgan fingerprint density at radius 3 is 2.18 bits per heavy atom.